The van der Waals surface area contributed by atoms with Crippen molar-refractivity contribution < 1.29 is 14.4 Å². The number of aromatic nitrogens is 3. The lowest BCUT2D eigenvalue weighted by Crippen LogP contribution is -2.01. The Labute approximate surface area is 171 Å². The molecule has 0 aliphatic heterocycles. The third-order valence-electron chi connectivity index (χ3n) is 4.38. The largest absolute Gasteiger partial charge is 0.496 e. The van der Waals surface area contributed by atoms with Crippen molar-refractivity contribution in [2.75, 3.05) is 7.11 Å². The zero-order valence-corrected chi connectivity index (χ0v) is 16.0. The molecular weight excluding hydrogens is 386 g/mol. The van der Waals surface area contributed by atoms with E-state index in [1.165, 1.54) is 6.20 Å². The number of pyridine rings is 1. The predicted octanol–water partition coefficient (Wildman–Crippen LogP) is 3.81. The van der Waals surface area contributed by atoms with Gasteiger partial charge in [0.05, 0.1) is 18.2 Å². The van der Waals surface area contributed by atoms with Crippen LogP contribution in [0.2, 0.25) is 0 Å². The molecule has 0 bridgehead atoms. The Morgan fingerprint density at radius 2 is 2.07 bits per heavy atom. The third-order valence-corrected chi connectivity index (χ3v) is 4.38. The second-order valence-electron chi connectivity index (χ2n) is 6.31. The van der Waals surface area contributed by atoms with E-state index < -0.39 is 4.92 Å². The summed E-state index contributed by atoms with van der Waals surface area (Å²) in [7, 11) is 1.59. The number of hydrogen-bond donors (Lipinski definition) is 0. The summed E-state index contributed by atoms with van der Waals surface area (Å²) in [6, 6.07) is 15.1. The first-order valence-corrected chi connectivity index (χ1v) is 9.01. The highest BCUT2D eigenvalue weighted by Crippen LogP contribution is 2.26. The number of para-hydroxylation sites is 1. The molecule has 0 radical (unpaired) electrons. The van der Waals surface area contributed by atoms with E-state index in [0.29, 0.717) is 11.5 Å². The summed E-state index contributed by atoms with van der Waals surface area (Å²) < 4.78 is 11.5. The van der Waals surface area contributed by atoms with Crippen LogP contribution >= 0.6 is 0 Å². The topological polar surface area (TPSA) is 105 Å². The molecule has 0 atom stereocenters. The lowest BCUT2D eigenvalue weighted by molar-refractivity contribution is -0.385. The molecule has 0 unspecified atom stereocenters. The molecule has 2 heterocycles. The van der Waals surface area contributed by atoms with Gasteiger partial charge >= 0.3 is 5.69 Å². The van der Waals surface area contributed by atoms with Gasteiger partial charge in [-0.1, -0.05) is 18.2 Å². The molecule has 4 rings (SSSR count). The van der Waals surface area contributed by atoms with Crippen molar-refractivity contribution in [3.63, 3.8) is 0 Å². The summed E-state index contributed by atoms with van der Waals surface area (Å²) in [6.45, 7) is 0.272. The Kier molecular flexibility index (Phi) is 5.33. The van der Waals surface area contributed by atoms with E-state index in [9.17, 15) is 10.1 Å². The smallest absolute Gasteiger partial charge is 0.309 e. The molecule has 0 saturated carbocycles. The molecule has 0 amide bonds. The van der Waals surface area contributed by atoms with Gasteiger partial charge in [-0.3, -0.25) is 15.1 Å². The molecule has 0 aliphatic rings. The molecule has 0 fully saturated rings. The minimum atomic E-state index is -0.524. The first-order valence-electron chi connectivity index (χ1n) is 9.01. The van der Waals surface area contributed by atoms with Crippen molar-refractivity contribution in [1.29, 1.82) is 0 Å². The highest BCUT2D eigenvalue weighted by atomic mass is 16.6. The highest BCUT2D eigenvalue weighted by molar-refractivity contribution is 5.84. The number of rotatable bonds is 7. The quantitative estimate of drug-likeness (QED) is 0.264. The molecule has 2 aromatic heterocycles. The van der Waals surface area contributed by atoms with Gasteiger partial charge in [-0.05, 0) is 35.9 Å². The molecule has 150 valence electrons. The van der Waals surface area contributed by atoms with Crippen LogP contribution in [0.1, 0.15) is 11.1 Å². The van der Waals surface area contributed by atoms with Crippen LogP contribution in [0.25, 0.3) is 10.9 Å². The lowest BCUT2D eigenvalue weighted by atomic mass is 10.1. The van der Waals surface area contributed by atoms with Gasteiger partial charge in [0.1, 0.15) is 36.0 Å². The number of hydrogen-bond acceptors (Lipinski definition) is 7. The van der Waals surface area contributed by atoms with E-state index >= 15 is 0 Å². The zero-order valence-electron chi connectivity index (χ0n) is 16.0. The van der Waals surface area contributed by atoms with Gasteiger partial charge in [-0.25, -0.2) is 0 Å². The van der Waals surface area contributed by atoms with Crippen LogP contribution in [0, 0.1) is 10.1 Å². The monoisotopic (exact) mass is 403 g/mol. The lowest BCUT2D eigenvalue weighted by Gasteiger charge is -2.12. The first-order chi connectivity index (χ1) is 14.6. The van der Waals surface area contributed by atoms with Crippen LogP contribution in [0.15, 0.2) is 72.2 Å². The first kappa shape index (κ1) is 19.1. The summed E-state index contributed by atoms with van der Waals surface area (Å²) in [5, 5.41) is 19.7. The van der Waals surface area contributed by atoms with E-state index in [4.69, 9.17) is 9.47 Å². The predicted molar refractivity (Wildman–Crippen MR) is 111 cm³/mol. The van der Waals surface area contributed by atoms with Crippen molar-refractivity contribution in [2.45, 2.75) is 6.61 Å². The molecule has 2 aromatic carbocycles. The molecule has 0 N–H and O–H groups in total. The maximum atomic E-state index is 10.7. The van der Waals surface area contributed by atoms with E-state index in [2.05, 4.69) is 15.2 Å². The van der Waals surface area contributed by atoms with Gasteiger partial charge in [0, 0.05) is 17.1 Å². The van der Waals surface area contributed by atoms with Gasteiger partial charge < -0.3 is 9.47 Å². The average molecular weight is 403 g/mol. The molecule has 4 aromatic rings. The Hall–Kier alpha value is -4.27. The Morgan fingerprint density at radius 3 is 2.87 bits per heavy atom. The van der Waals surface area contributed by atoms with E-state index in [1.54, 1.807) is 19.5 Å². The fourth-order valence-electron chi connectivity index (χ4n) is 2.93. The van der Waals surface area contributed by atoms with Crippen LogP contribution in [0.5, 0.6) is 11.5 Å². The van der Waals surface area contributed by atoms with Gasteiger partial charge in [0.15, 0.2) is 0 Å². The second kappa shape index (κ2) is 8.39. The van der Waals surface area contributed by atoms with Crippen LogP contribution in [0.3, 0.4) is 0 Å². The summed E-state index contributed by atoms with van der Waals surface area (Å²) in [4.78, 5) is 15.8. The summed E-state index contributed by atoms with van der Waals surface area (Å²) in [6.07, 6.45) is 5.66. The van der Waals surface area contributed by atoms with Gasteiger partial charge in [0.2, 0.25) is 0 Å². The van der Waals surface area contributed by atoms with Crippen molar-refractivity contribution in [1.82, 2.24) is 14.9 Å². The van der Waals surface area contributed by atoms with Crippen molar-refractivity contribution >= 4 is 22.8 Å². The molecule has 9 nitrogen and oxygen atoms in total. The molecule has 0 spiro atoms. The van der Waals surface area contributed by atoms with E-state index in [0.717, 1.165) is 33.0 Å². The Morgan fingerprint density at radius 1 is 1.20 bits per heavy atom. The summed E-state index contributed by atoms with van der Waals surface area (Å²) in [5.41, 5.74) is 2.25. The fourth-order valence-corrected chi connectivity index (χ4v) is 2.93. The normalized spacial score (nSPS) is 11.1. The zero-order chi connectivity index (χ0) is 20.9. The number of benzene rings is 2. The highest BCUT2D eigenvalue weighted by Gasteiger charge is 2.09. The number of fused-ring (bicyclic) bond motifs is 1. The number of methoxy groups -OCH3 is 1. The maximum absolute atomic E-state index is 10.7. The van der Waals surface area contributed by atoms with Crippen molar-refractivity contribution in [3.05, 3.63) is 88.4 Å². The van der Waals surface area contributed by atoms with Gasteiger partial charge in [-0.15, -0.1) is 0 Å². The minimum Gasteiger partial charge on any atom is -0.496 e. The SMILES string of the molecule is COc1ccc(/C=N/n2cc([N+](=O)[O-])cn2)cc1COc1cccc2cccnc12. The molecule has 0 saturated heterocycles. The van der Waals surface area contributed by atoms with Crippen LogP contribution < -0.4 is 9.47 Å². The Balaban J connectivity index is 1.55. The van der Waals surface area contributed by atoms with Gasteiger partial charge in [0.25, 0.3) is 0 Å². The van der Waals surface area contributed by atoms with Gasteiger partial charge in [-0.2, -0.15) is 15.0 Å². The fraction of sp³-hybridized carbons (Fsp3) is 0.0952. The Bertz CT molecular complexity index is 1230. The molecule has 9 heteroatoms. The summed E-state index contributed by atoms with van der Waals surface area (Å²) >= 11 is 0. The molecular formula is C21H17N5O4. The number of nitro groups is 1. The number of ether oxygens (including phenoxy) is 2. The average Bonchev–Trinajstić information content (AvgIpc) is 3.26. The molecule has 0 aliphatic carbocycles. The second-order valence-corrected chi connectivity index (χ2v) is 6.31. The van der Waals surface area contributed by atoms with Crippen molar-refractivity contribution in [2.24, 2.45) is 5.10 Å². The van der Waals surface area contributed by atoms with E-state index in [1.807, 2.05) is 48.5 Å². The van der Waals surface area contributed by atoms with Crippen molar-refractivity contribution in [3.8, 4) is 11.5 Å². The van der Waals surface area contributed by atoms with Crippen LogP contribution in [-0.4, -0.2) is 33.1 Å². The minimum absolute atomic E-state index is 0.125. The standard InChI is InChI=1S/C21H17N5O4/c1-29-19-8-7-15(11-23-25-13-18(12-24-25)26(27)28)10-17(19)14-30-20-6-2-4-16-5-3-9-22-21(16)20/h2-13H,14H2,1H3/b23-11+. The van der Waals surface area contributed by atoms with Crippen LogP contribution in [-0.2, 0) is 6.61 Å². The van der Waals surface area contributed by atoms with E-state index in [-0.39, 0.29) is 12.3 Å². The summed E-state index contributed by atoms with van der Waals surface area (Å²) in [5.74, 6) is 1.35. The maximum Gasteiger partial charge on any atom is 0.309 e. The molecule has 30 heavy (non-hydrogen) atoms. The van der Waals surface area contributed by atoms with Crippen LogP contribution in [0.4, 0.5) is 5.69 Å². The third kappa shape index (κ3) is 4.09. The number of nitrogens with zero attached hydrogens (tertiary/aromatic N) is 5.